The van der Waals surface area contributed by atoms with E-state index in [1.54, 1.807) is 0 Å². The highest BCUT2D eigenvalue weighted by molar-refractivity contribution is 5.96. The van der Waals surface area contributed by atoms with Crippen LogP contribution in [-0.2, 0) is 20.8 Å². The van der Waals surface area contributed by atoms with E-state index in [2.05, 4.69) is 4.98 Å². The maximum absolute atomic E-state index is 12.5. The molecule has 0 atom stereocenters. The van der Waals surface area contributed by atoms with Crippen molar-refractivity contribution in [3.8, 4) is 0 Å². The highest BCUT2D eigenvalue weighted by atomic mass is 16.5. The minimum absolute atomic E-state index is 0.000825. The minimum atomic E-state index is -0.672. The van der Waals surface area contributed by atoms with Crippen molar-refractivity contribution < 1.29 is 14.3 Å². The first kappa shape index (κ1) is 20.9. The van der Waals surface area contributed by atoms with Crippen molar-refractivity contribution in [3.63, 3.8) is 0 Å². The van der Waals surface area contributed by atoms with Gasteiger partial charge in [-0.05, 0) is 12.8 Å². The topological polar surface area (TPSA) is 120 Å². The second-order valence-corrected chi connectivity index (χ2v) is 5.59. The number of hydrogen-bond acceptors (Lipinski definition) is 6. The van der Waals surface area contributed by atoms with Crippen LogP contribution < -0.4 is 21.9 Å². The number of aromatic amines is 1. The van der Waals surface area contributed by atoms with E-state index in [-0.39, 0.29) is 24.7 Å². The van der Waals surface area contributed by atoms with Crippen LogP contribution in [0.5, 0.6) is 0 Å². The number of rotatable bonds is 11. The molecule has 0 spiro atoms. The van der Waals surface area contributed by atoms with Crippen LogP contribution in [0.1, 0.15) is 33.1 Å². The Morgan fingerprint density at radius 3 is 2.56 bits per heavy atom. The molecule has 0 fully saturated rings. The van der Waals surface area contributed by atoms with Crippen molar-refractivity contribution in [3.05, 3.63) is 20.8 Å². The molecular weight excluding hydrogens is 328 g/mol. The molecule has 1 aromatic heterocycles. The highest BCUT2D eigenvalue weighted by Crippen LogP contribution is 2.17. The lowest BCUT2D eigenvalue weighted by Gasteiger charge is -2.24. The Morgan fingerprint density at radius 1 is 1.24 bits per heavy atom. The molecule has 142 valence electrons. The van der Waals surface area contributed by atoms with E-state index in [1.165, 1.54) is 16.6 Å². The molecule has 1 heterocycles. The second kappa shape index (κ2) is 10.7. The summed E-state index contributed by atoms with van der Waals surface area (Å²) in [6.45, 7) is 4.98. The quantitative estimate of drug-likeness (QED) is 0.551. The summed E-state index contributed by atoms with van der Waals surface area (Å²) in [7, 11) is 1.54. The normalized spacial score (nSPS) is 10.8. The summed E-state index contributed by atoms with van der Waals surface area (Å²) in [5.41, 5.74) is 4.82. The van der Waals surface area contributed by atoms with E-state index >= 15 is 0 Å². The Kier molecular flexibility index (Phi) is 8.93. The van der Waals surface area contributed by atoms with Crippen LogP contribution in [0.3, 0.4) is 0 Å². The van der Waals surface area contributed by atoms with E-state index in [9.17, 15) is 14.4 Å². The molecule has 0 aliphatic carbocycles. The zero-order chi connectivity index (χ0) is 18.8. The molecule has 9 heteroatoms. The van der Waals surface area contributed by atoms with Crippen LogP contribution in [0.4, 0.5) is 11.5 Å². The van der Waals surface area contributed by atoms with Gasteiger partial charge in [0.05, 0.1) is 13.2 Å². The molecule has 0 unspecified atom stereocenters. The first-order valence-corrected chi connectivity index (χ1v) is 8.47. The van der Waals surface area contributed by atoms with Crippen molar-refractivity contribution in [1.82, 2.24) is 9.55 Å². The largest absolute Gasteiger partial charge is 0.383 e. The fourth-order valence-corrected chi connectivity index (χ4v) is 2.34. The molecule has 9 nitrogen and oxygen atoms in total. The summed E-state index contributed by atoms with van der Waals surface area (Å²) in [5.74, 6) is -0.392. The Labute approximate surface area is 146 Å². The van der Waals surface area contributed by atoms with Crippen molar-refractivity contribution >= 4 is 17.4 Å². The maximum atomic E-state index is 12.5. The van der Waals surface area contributed by atoms with E-state index in [0.29, 0.717) is 26.1 Å². The maximum Gasteiger partial charge on any atom is 0.330 e. The lowest BCUT2D eigenvalue weighted by Crippen LogP contribution is -2.43. The van der Waals surface area contributed by atoms with E-state index in [4.69, 9.17) is 15.2 Å². The number of nitrogens with one attached hydrogen (secondary N) is 1. The smallest absolute Gasteiger partial charge is 0.330 e. The number of carbonyl (C=O) groups excluding carboxylic acids is 1. The fraction of sp³-hybridized carbons (Fsp3) is 0.688. The molecule has 25 heavy (non-hydrogen) atoms. The molecule has 0 aromatic carbocycles. The van der Waals surface area contributed by atoms with Crippen LogP contribution in [0.15, 0.2) is 9.59 Å². The molecule has 1 rings (SSSR count). The summed E-state index contributed by atoms with van der Waals surface area (Å²) < 4.78 is 11.4. The number of nitrogens with zero attached hydrogens (tertiary/aromatic N) is 2. The average molecular weight is 356 g/mol. The Balaban J connectivity index is 3.15. The van der Waals surface area contributed by atoms with Gasteiger partial charge in [0.2, 0.25) is 0 Å². The number of unbranched alkanes of at least 4 members (excludes halogenated alkanes) is 1. The molecular formula is C16H28N4O5. The van der Waals surface area contributed by atoms with Gasteiger partial charge < -0.3 is 20.1 Å². The lowest BCUT2D eigenvalue weighted by atomic mass is 10.3. The van der Waals surface area contributed by atoms with Crippen LogP contribution in [0, 0.1) is 0 Å². The minimum Gasteiger partial charge on any atom is -0.383 e. The third kappa shape index (κ3) is 5.71. The van der Waals surface area contributed by atoms with Crippen LogP contribution >= 0.6 is 0 Å². The lowest BCUT2D eigenvalue weighted by molar-refractivity contribution is -0.123. The molecule has 0 aliphatic rings. The number of nitrogens with two attached hydrogens (primary N) is 1. The van der Waals surface area contributed by atoms with Crippen molar-refractivity contribution in [2.24, 2.45) is 0 Å². The average Bonchev–Trinajstić information content (AvgIpc) is 2.57. The summed E-state index contributed by atoms with van der Waals surface area (Å²) in [4.78, 5) is 40.3. The monoisotopic (exact) mass is 356 g/mol. The highest BCUT2D eigenvalue weighted by Gasteiger charge is 2.23. The molecule has 1 amide bonds. The second-order valence-electron chi connectivity index (χ2n) is 5.59. The van der Waals surface area contributed by atoms with Crippen LogP contribution in [0.2, 0.25) is 0 Å². The number of aromatic nitrogens is 2. The summed E-state index contributed by atoms with van der Waals surface area (Å²) in [6.07, 6.45) is 2.22. The molecule has 0 radical (unpaired) electrons. The van der Waals surface area contributed by atoms with Crippen molar-refractivity contribution in [1.29, 1.82) is 0 Å². The van der Waals surface area contributed by atoms with Crippen molar-refractivity contribution in [2.45, 2.75) is 39.7 Å². The van der Waals surface area contributed by atoms with Gasteiger partial charge in [-0.25, -0.2) is 4.79 Å². The zero-order valence-corrected chi connectivity index (χ0v) is 15.2. The van der Waals surface area contributed by atoms with Gasteiger partial charge in [0.15, 0.2) is 5.69 Å². The summed E-state index contributed by atoms with van der Waals surface area (Å²) in [6, 6.07) is 0. The molecule has 0 aliphatic heterocycles. The summed E-state index contributed by atoms with van der Waals surface area (Å²) >= 11 is 0. The third-order valence-corrected chi connectivity index (χ3v) is 3.62. The number of ether oxygens (including phenoxy) is 2. The molecule has 0 saturated carbocycles. The number of hydrogen-bond donors (Lipinski definition) is 2. The van der Waals surface area contributed by atoms with Crippen LogP contribution in [-0.4, -0.2) is 48.9 Å². The molecule has 0 saturated heterocycles. The third-order valence-electron chi connectivity index (χ3n) is 3.62. The van der Waals surface area contributed by atoms with Crippen LogP contribution in [0.25, 0.3) is 0 Å². The Morgan fingerprint density at radius 2 is 1.96 bits per heavy atom. The number of carbonyl (C=O) groups is 1. The van der Waals surface area contributed by atoms with Gasteiger partial charge in [-0.2, -0.15) is 0 Å². The molecule has 1 aromatic rings. The molecule has 3 N–H and O–H groups in total. The van der Waals surface area contributed by atoms with Gasteiger partial charge in [-0.1, -0.05) is 20.3 Å². The summed E-state index contributed by atoms with van der Waals surface area (Å²) in [5, 5.41) is 0. The number of anilines is 2. The van der Waals surface area contributed by atoms with Gasteiger partial charge in [0.1, 0.15) is 12.4 Å². The Bertz CT molecular complexity index is 667. The van der Waals surface area contributed by atoms with E-state index in [0.717, 1.165) is 12.8 Å². The number of methoxy groups -OCH3 is 1. The Hall–Kier alpha value is -2.13. The van der Waals surface area contributed by atoms with Gasteiger partial charge in [-0.15, -0.1) is 0 Å². The van der Waals surface area contributed by atoms with Gasteiger partial charge >= 0.3 is 5.69 Å². The predicted octanol–water partition coefficient (Wildman–Crippen LogP) is 0.325. The first-order chi connectivity index (χ1) is 12.0. The number of nitrogen functional groups attached to an aromatic ring is 1. The predicted molar refractivity (Wildman–Crippen MR) is 96.0 cm³/mol. The van der Waals surface area contributed by atoms with E-state index in [1.807, 2.05) is 13.8 Å². The number of H-pyrrole nitrogens is 1. The standard InChI is InChI=1S/C16H28N4O5/c1-4-6-8-20-14(17)13(15(22)18-16(20)23)19(7-5-2)12(21)11-25-10-9-24-3/h4-11,17H2,1-3H3,(H,18,22,23). The molecule has 0 bridgehead atoms. The zero-order valence-electron chi connectivity index (χ0n) is 15.2. The van der Waals surface area contributed by atoms with Gasteiger partial charge in [-0.3, -0.25) is 19.1 Å². The van der Waals surface area contributed by atoms with E-state index < -0.39 is 17.2 Å². The SMILES string of the molecule is CCCCn1c(N)c(N(CCC)C(=O)COCCOC)c(=O)[nH]c1=O. The number of amides is 1. The first-order valence-electron chi connectivity index (χ1n) is 8.47. The van der Waals surface area contributed by atoms with Crippen molar-refractivity contribution in [2.75, 3.05) is 44.1 Å². The van der Waals surface area contributed by atoms with Gasteiger partial charge in [0.25, 0.3) is 11.5 Å². The van der Waals surface area contributed by atoms with Gasteiger partial charge in [0, 0.05) is 20.2 Å². The fourth-order valence-electron chi connectivity index (χ4n) is 2.34.